The zero-order valence-corrected chi connectivity index (χ0v) is 15.3. The van der Waals surface area contributed by atoms with Crippen molar-refractivity contribution in [3.8, 4) is 0 Å². The Bertz CT molecular complexity index is 434. The van der Waals surface area contributed by atoms with Gasteiger partial charge in [-0.3, -0.25) is 0 Å². The molecule has 1 fully saturated rings. The zero-order valence-electron chi connectivity index (χ0n) is 14.5. The van der Waals surface area contributed by atoms with Crippen molar-refractivity contribution in [3.63, 3.8) is 0 Å². The molecule has 2 rings (SSSR count). The largest absolute Gasteiger partial charge is 0.303 e. The Morgan fingerprint density at radius 1 is 1.10 bits per heavy atom. The van der Waals surface area contributed by atoms with Crippen LogP contribution < -0.4 is 5.32 Å². The topological polar surface area (TPSA) is 24.9 Å². The number of thiazole rings is 1. The lowest BCUT2D eigenvalue weighted by Gasteiger charge is -2.37. The number of nitrogens with zero attached hydrogens (tertiary/aromatic N) is 1. The molecule has 1 saturated carbocycles. The van der Waals surface area contributed by atoms with Crippen molar-refractivity contribution < 1.29 is 0 Å². The van der Waals surface area contributed by atoms with Gasteiger partial charge in [-0.15, -0.1) is 11.3 Å². The number of rotatable bonds is 3. The lowest BCUT2D eigenvalue weighted by atomic mass is 9.83. The van der Waals surface area contributed by atoms with Crippen LogP contribution in [0.1, 0.15) is 90.3 Å². The van der Waals surface area contributed by atoms with Gasteiger partial charge in [0.15, 0.2) is 0 Å². The molecule has 1 aromatic rings. The van der Waals surface area contributed by atoms with Gasteiger partial charge in [0.25, 0.3) is 0 Å². The summed E-state index contributed by atoms with van der Waals surface area (Å²) in [5, 5.41) is 7.49. The Labute approximate surface area is 134 Å². The SMILES string of the molecule is CC(C)NC1(c2nc(C(C)(C)C)cs2)CCCCCCC1. The molecule has 120 valence electrons. The maximum atomic E-state index is 5.06. The average Bonchev–Trinajstić information content (AvgIpc) is 2.82. The quantitative estimate of drug-likeness (QED) is 0.811. The zero-order chi connectivity index (χ0) is 15.5. The molecule has 0 amide bonds. The fourth-order valence-electron chi connectivity index (χ4n) is 3.32. The molecule has 1 N–H and O–H groups in total. The van der Waals surface area contributed by atoms with Crippen LogP contribution in [0.2, 0.25) is 0 Å². The highest BCUT2D eigenvalue weighted by Gasteiger charge is 2.36. The van der Waals surface area contributed by atoms with Crippen LogP contribution in [-0.2, 0) is 11.0 Å². The summed E-state index contributed by atoms with van der Waals surface area (Å²) in [7, 11) is 0. The van der Waals surface area contributed by atoms with E-state index in [1.54, 1.807) is 0 Å². The molecule has 2 nitrogen and oxygen atoms in total. The molecule has 0 radical (unpaired) electrons. The second-order valence-corrected chi connectivity index (χ2v) is 8.79. The maximum Gasteiger partial charge on any atom is 0.113 e. The lowest BCUT2D eigenvalue weighted by molar-refractivity contribution is 0.233. The predicted octanol–water partition coefficient (Wildman–Crippen LogP) is 5.38. The van der Waals surface area contributed by atoms with E-state index in [0.29, 0.717) is 6.04 Å². The summed E-state index contributed by atoms with van der Waals surface area (Å²) in [6.07, 6.45) is 9.28. The first-order chi connectivity index (χ1) is 9.83. The van der Waals surface area contributed by atoms with Gasteiger partial charge in [0, 0.05) is 16.8 Å². The third-order valence-corrected chi connectivity index (χ3v) is 5.50. The Hall–Kier alpha value is -0.410. The second-order valence-electron chi connectivity index (χ2n) is 7.94. The van der Waals surface area contributed by atoms with Crippen molar-refractivity contribution in [1.29, 1.82) is 0 Å². The van der Waals surface area contributed by atoms with Crippen LogP contribution in [0.15, 0.2) is 5.38 Å². The summed E-state index contributed by atoms with van der Waals surface area (Å²) in [5.41, 5.74) is 1.51. The van der Waals surface area contributed by atoms with Crippen LogP contribution in [-0.4, -0.2) is 11.0 Å². The highest BCUT2D eigenvalue weighted by atomic mass is 32.1. The number of hydrogen-bond donors (Lipinski definition) is 1. The smallest absolute Gasteiger partial charge is 0.113 e. The molecule has 0 aliphatic heterocycles. The molecule has 21 heavy (non-hydrogen) atoms. The van der Waals surface area contributed by atoms with Crippen LogP contribution in [0.4, 0.5) is 0 Å². The number of hydrogen-bond acceptors (Lipinski definition) is 3. The normalized spacial score (nSPS) is 20.3. The molecule has 0 bridgehead atoms. The van der Waals surface area contributed by atoms with Crippen molar-refractivity contribution >= 4 is 11.3 Å². The van der Waals surface area contributed by atoms with E-state index in [2.05, 4.69) is 45.3 Å². The molecular formula is C18H32N2S. The minimum Gasteiger partial charge on any atom is -0.303 e. The van der Waals surface area contributed by atoms with Gasteiger partial charge in [0.05, 0.1) is 11.2 Å². The summed E-state index contributed by atoms with van der Waals surface area (Å²) in [4.78, 5) is 5.06. The van der Waals surface area contributed by atoms with E-state index in [0.717, 1.165) is 0 Å². The van der Waals surface area contributed by atoms with Crippen molar-refractivity contribution in [2.45, 2.75) is 96.6 Å². The van der Waals surface area contributed by atoms with E-state index in [9.17, 15) is 0 Å². The van der Waals surface area contributed by atoms with Gasteiger partial charge in [-0.2, -0.15) is 0 Å². The fourth-order valence-corrected chi connectivity index (χ4v) is 4.59. The molecule has 3 heteroatoms. The molecule has 0 unspecified atom stereocenters. The third kappa shape index (κ3) is 4.29. The Balaban J connectivity index is 2.31. The Morgan fingerprint density at radius 3 is 2.14 bits per heavy atom. The monoisotopic (exact) mass is 308 g/mol. The van der Waals surface area contributed by atoms with Gasteiger partial charge in [-0.25, -0.2) is 4.98 Å². The summed E-state index contributed by atoms with van der Waals surface area (Å²) >= 11 is 1.87. The van der Waals surface area contributed by atoms with Gasteiger partial charge in [0.2, 0.25) is 0 Å². The van der Waals surface area contributed by atoms with E-state index in [4.69, 9.17) is 4.98 Å². The van der Waals surface area contributed by atoms with Crippen molar-refractivity contribution in [2.75, 3.05) is 0 Å². The Morgan fingerprint density at radius 2 is 1.67 bits per heavy atom. The Kier molecular flexibility index (Phi) is 5.48. The first-order valence-corrected chi connectivity index (χ1v) is 9.46. The maximum absolute atomic E-state index is 5.06. The molecular weight excluding hydrogens is 276 g/mol. The minimum atomic E-state index is 0.114. The number of nitrogens with one attached hydrogen (secondary N) is 1. The summed E-state index contributed by atoms with van der Waals surface area (Å²) in [6, 6.07) is 0.506. The van der Waals surface area contributed by atoms with Crippen molar-refractivity contribution in [2.24, 2.45) is 0 Å². The van der Waals surface area contributed by atoms with Crippen LogP contribution in [0.25, 0.3) is 0 Å². The highest BCUT2D eigenvalue weighted by Crippen LogP contribution is 2.38. The molecule has 0 aromatic carbocycles. The van der Waals surface area contributed by atoms with Crippen LogP contribution in [0.5, 0.6) is 0 Å². The van der Waals surface area contributed by atoms with Crippen molar-refractivity contribution in [1.82, 2.24) is 10.3 Å². The van der Waals surface area contributed by atoms with Gasteiger partial charge >= 0.3 is 0 Å². The summed E-state index contributed by atoms with van der Waals surface area (Å²) < 4.78 is 0. The molecule has 1 heterocycles. The van der Waals surface area contributed by atoms with Crippen molar-refractivity contribution in [3.05, 3.63) is 16.1 Å². The van der Waals surface area contributed by atoms with E-state index in [1.165, 1.54) is 55.6 Å². The van der Waals surface area contributed by atoms with Gasteiger partial charge in [-0.05, 0) is 26.7 Å². The van der Waals surface area contributed by atoms with E-state index < -0.39 is 0 Å². The summed E-state index contributed by atoms with van der Waals surface area (Å²) in [5.74, 6) is 0. The average molecular weight is 309 g/mol. The second kappa shape index (κ2) is 6.78. The van der Waals surface area contributed by atoms with Crippen LogP contribution in [0, 0.1) is 0 Å². The van der Waals surface area contributed by atoms with Gasteiger partial charge < -0.3 is 5.32 Å². The molecule has 1 aliphatic rings. The van der Waals surface area contributed by atoms with Crippen LogP contribution in [0.3, 0.4) is 0 Å². The minimum absolute atomic E-state index is 0.114. The lowest BCUT2D eigenvalue weighted by Crippen LogP contribution is -2.46. The van der Waals surface area contributed by atoms with E-state index in [1.807, 2.05) is 11.3 Å². The third-order valence-electron chi connectivity index (χ3n) is 4.45. The standard InChI is InChI=1S/C18H32N2S/c1-14(2)20-18(11-9-7-6-8-10-12-18)16-19-15(13-21-16)17(3,4)5/h13-14,20H,6-12H2,1-5H3. The molecule has 0 spiro atoms. The van der Waals surface area contributed by atoms with Crippen LogP contribution >= 0.6 is 11.3 Å². The summed E-state index contributed by atoms with van der Waals surface area (Å²) in [6.45, 7) is 11.3. The first kappa shape index (κ1) is 17.0. The van der Waals surface area contributed by atoms with Gasteiger partial charge in [-0.1, -0.05) is 52.9 Å². The first-order valence-electron chi connectivity index (χ1n) is 8.58. The van der Waals surface area contributed by atoms with E-state index in [-0.39, 0.29) is 11.0 Å². The number of aromatic nitrogens is 1. The highest BCUT2D eigenvalue weighted by molar-refractivity contribution is 7.09. The molecule has 0 saturated heterocycles. The molecule has 1 aliphatic carbocycles. The predicted molar refractivity (Wildman–Crippen MR) is 93.1 cm³/mol. The van der Waals surface area contributed by atoms with E-state index >= 15 is 0 Å². The van der Waals surface area contributed by atoms with Gasteiger partial charge in [0.1, 0.15) is 5.01 Å². The molecule has 0 atom stereocenters. The fraction of sp³-hybridized carbons (Fsp3) is 0.833. The molecule has 1 aromatic heterocycles.